The first-order valence-corrected chi connectivity index (χ1v) is 4.44. The molecule has 0 unspecified atom stereocenters. The maximum absolute atomic E-state index is 12.3. The van der Waals surface area contributed by atoms with E-state index in [2.05, 4.69) is 0 Å². The molecule has 0 bridgehead atoms. The minimum Gasteiger partial charge on any atom is -0.508 e. The third-order valence-electron chi connectivity index (χ3n) is 1.78. The largest absolute Gasteiger partial charge is 0.508 e. The topological polar surface area (TPSA) is 20.2 Å². The quantitative estimate of drug-likeness (QED) is 0.718. The van der Waals surface area contributed by atoms with Gasteiger partial charge in [-0.15, -0.1) is 11.3 Å². The molecular formula is C9H7FOS. The van der Waals surface area contributed by atoms with Crippen LogP contribution >= 0.6 is 11.3 Å². The molecule has 2 rings (SSSR count). The van der Waals surface area contributed by atoms with Crippen molar-refractivity contribution in [3.05, 3.63) is 29.1 Å². The predicted molar refractivity (Wildman–Crippen MR) is 48.3 cm³/mol. The van der Waals surface area contributed by atoms with E-state index in [-0.39, 0.29) is 5.75 Å². The summed E-state index contributed by atoms with van der Waals surface area (Å²) in [6, 6.07) is 5.01. The molecule has 62 valence electrons. The fourth-order valence-electron chi connectivity index (χ4n) is 1.17. The molecule has 1 aromatic heterocycles. The van der Waals surface area contributed by atoms with Gasteiger partial charge in [0, 0.05) is 15.6 Å². The molecule has 0 aliphatic heterocycles. The van der Waals surface area contributed by atoms with Crippen molar-refractivity contribution in [2.45, 2.75) is 6.67 Å². The lowest BCUT2D eigenvalue weighted by atomic mass is 10.2. The number of rotatable bonds is 1. The Morgan fingerprint density at radius 3 is 3.00 bits per heavy atom. The Kier molecular flexibility index (Phi) is 1.73. The van der Waals surface area contributed by atoms with Crippen LogP contribution in [0.3, 0.4) is 0 Å². The van der Waals surface area contributed by atoms with Crippen LogP contribution in [-0.4, -0.2) is 5.11 Å². The highest BCUT2D eigenvalue weighted by molar-refractivity contribution is 7.17. The monoisotopic (exact) mass is 182 g/mol. The molecule has 0 amide bonds. The van der Waals surface area contributed by atoms with Gasteiger partial charge in [-0.25, -0.2) is 4.39 Å². The van der Waals surface area contributed by atoms with Gasteiger partial charge in [0.25, 0.3) is 0 Å². The summed E-state index contributed by atoms with van der Waals surface area (Å²) >= 11 is 1.50. The third kappa shape index (κ3) is 1.06. The highest BCUT2D eigenvalue weighted by Gasteiger charge is 2.03. The van der Waals surface area contributed by atoms with E-state index >= 15 is 0 Å². The normalized spacial score (nSPS) is 10.8. The zero-order chi connectivity index (χ0) is 8.55. The number of fused-ring (bicyclic) bond motifs is 1. The minimum absolute atomic E-state index is 0.190. The van der Waals surface area contributed by atoms with E-state index in [1.54, 1.807) is 23.6 Å². The van der Waals surface area contributed by atoms with Crippen molar-refractivity contribution in [2.75, 3.05) is 0 Å². The maximum Gasteiger partial charge on any atom is 0.116 e. The molecule has 0 saturated heterocycles. The predicted octanol–water partition coefficient (Wildman–Crippen LogP) is 3.08. The zero-order valence-electron chi connectivity index (χ0n) is 6.25. The summed E-state index contributed by atoms with van der Waals surface area (Å²) in [5.74, 6) is 0.190. The van der Waals surface area contributed by atoms with Crippen molar-refractivity contribution in [3.8, 4) is 5.75 Å². The standard InChI is InChI=1S/C9H7FOS/c10-4-6-5-12-9-2-1-7(11)3-8(6)9/h1-3,5,11H,4H2. The van der Waals surface area contributed by atoms with Crippen molar-refractivity contribution < 1.29 is 9.50 Å². The first kappa shape index (κ1) is 7.55. The van der Waals surface area contributed by atoms with Crippen LogP contribution < -0.4 is 0 Å². The van der Waals surface area contributed by atoms with E-state index in [9.17, 15) is 4.39 Å². The molecule has 0 aliphatic rings. The van der Waals surface area contributed by atoms with Gasteiger partial charge in [-0.05, 0) is 23.6 Å². The van der Waals surface area contributed by atoms with Gasteiger partial charge in [0.05, 0.1) is 0 Å². The van der Waals surface area contributed by atoms with Crippen molar-refractivity contribution in [1.29, 1.82) is 0 Å². The minimum atomic E-state index is -0.469. The van der Waals surface area contributed by atoms with Crippen molar-refractivity contribution >= 4 is 21.4 Å². The summed E-state index contributed by atoms with van der Waals surface area (Å²) in [4.78, 5) is 0. The number of phenols is 1. The average molecular weight is 182 g/mol. The second kappa shape index (κ2) is 2.75. The van der Waals surface area contributed by atoms with E-state index in [0.29, 0.717) is 5.56 Å². The van der Waals surface area contributed by atoms with Crippen LogP contribution in [0.1, 0.15) is 5.56 Å². The van der Waals surface area contributed by atoms with E-state index in [1.807, 2.05) is 0 Å². The molecule has 0 radical (unpaired) electrons. The molecule has 0 spiro atoms. The smallest absolute Gasteiger partial charge is 0.116 e. The summed E-state index contributed by atoms with van der Waals surface area (Å²) < 4.78 is 13.4. The van der Waals surface area contributed by atoms with Gasteiger partial charge in [0.2, 0.25) is 0 Å². The Bertz CT molecular complexity index is 408. The molecule has 12 heavy (non-hydrogen) atoms. The van der Waals surface area contributed by atoms with Crippen molar-refractivity contribution in [1.82, 2.24) is 0 Å². The Hall–Kier alpha value is -1.09. The van der Waals surface area contributed by atoms with Crippen LogP contribution in [0.25, 0.3) is 10.1 Å². The highest BCUT2D eigenvalue weighted by Crippen LogP contribution is 2.29. The molecule has 1 nitrogen and oxygen atoms in total. The van der Waals surface area contributed by atoms with Crippen molar-refractivity contribution in [2.24, 2.45) is 0 Å². The van der Waals surface area contributed by atoms with Gasteiger partial charge >= 0.3 is 0 Å². The Balaban J connectivity index is 2.75. The van der Waals surface area contributed by atoms with Crippen LogP contribution in [0.2, 0.25) is 0 Å². The van der Waals surface area contributed by atoms with Crippen LogP contribution in [0.4, 0.5) is 4.39 Å². The number of halogens is 1. The van der Waals surface area contributed by atoms with Gasteiger partial charge in [-0.1, -0.05) is 0 Å². The summed E-state index contributed by atoms with van der Waals surface area (Å²) in [6.07, 6.45) is 0. The Morgan fingerprint density at radius 1 is 1.42 bits per heavy atom. The molecule has 0 saturated carbocycles. The van der Waals surface area contributed by atoms with Crippen LogP contribution in [0.5, 0.6) is 5.75 Å². The lowest BCUT2D eigenvalue weighted by Crippen LogP contribution is -1.73. The number of aromatic hydroxyl groups is 1. The third-order valence-corrected chi connectivity index (χ3v) is 2.79. The lowest BCUT2D eigenvalue weighted by molar-refractivity contribution is 0.475. The highest BCUT2D eigenvalue weighted by atomic mass is 32.1. The fraction of sp³-hybridized carbons (Fsp3) is 0.111. The molecule has 0 atom stereocenters. The molecule has 0 fully saturated rings. The van der Waals surface area contributed by atoms with E-state index in [4.69, 9.17) is 5.11 Å². The number of alkyl halides is 1. The van der Waals surface area contributed by atoms with Crippen LogP contribution in [0.15, 0.2) is 23.6 Å². The number of phenolic OH excluding ortho intramolecular Hbond substituents is 1. The van der Waals surface area contributed by atoms with Gasteiger partial charge in [-0.2, -0.15) is 0 Å². The summed E-state index contributed by atoms with van der Waals surface area (Å²) in [6.45, 7) is -0.469. The summed E-state index contributed by atoms with van der Waals surface area (Å²) in [5.41, 5.74) is 0.658. The van der Waals surface area contributed by atoms with E-state index in [0.717, 1.165) is 10.1 Å². The first-order valence-electron chi connectivity index (χ1n) is 3.56. The van der Waals surface area contributed by atoms with Crippen LogP contribution in [0, 0.1) is 0 Å². The average Bonchev–Trinajstić information content (AvgIpc) is 2.46. The summed E-state index contributed by atoms with van der Waals surface area (Å²) in [5, 5.41) is 11.8. The summed E-state index contributed by atoms with van der Waals surface area (Å²) in [7, 11) is 0. The van der Waals surface area contributed by atoms with Crippen molar-refractivity contribution in [3.63, 3.8) is 0 Å². The molecule has 1 heterocycles. The van der Waals surface area contributed by atoms with Gasteiger partial charge in [-0.3, -0.25) is 0 Å². The first-order chi connectivity index (χ1) is 5.81. The fourth-order valence-corrected chi connectivity index (χ4v) is 2.10. The number of thiophene rings is 1. The second-order valence-corrected chi connectivity index (χ2v) is 3.49. The maximum atomic E-state index is 12.3. The molecule has 1 N–H and O–H groups in total. The molecular weight excluding hydrogens is 175 g/mol. The second-order valence-electron chi connectivity index (χ2n) is 2.58. The Morgan fingerprint density at radius 2 is 2.25 bits per heavy atom. The van der Waals surface area contributed by atoms with E-state index < -0.39 is 6.67 Å². The molecule has 3 heteroatoms. The number of hydrogen-bond donors (Lipinski definition) is 1. The number of hydrogen-bond acceptors (Lipinski definition) is 2. The van der Waals surface area contributed by atoms with Crippen LogP contribution in [-0.2, 0) is 6.67 Å². The Labute approximate surface area is 73.1 Å². The van der Waals surface area contributed by atoms with Gasteiger partial charge < -0.3 is 5.11 Å². The lowest BCUT2D eigenvalue weighted by Gasteiger charge is -1.93. The zero-order valence-corrected chi connectivity index (χ0v) is 7.07. The van der Waals surface area contributed by atoms with Gasteiger partial charge in [0.15, 0.2) is 0 Å². The number of benzene rings is 1. The van der Waals surface area contributed by atoms with E-state index in [1.165, 1.54) is 11.3 Å². The van der Waals surface area contributed by atoms with Gasteiger partial charge in [0.1, 0.15) is 12.4 Å². The molecule has 0 aliphatic carbocycles. The molecule has 2 aromatic rings. The SMILES string of the molecule is Oc1ccc2scc(CF)c2c1. The molecule has 1 aromatic carbocycles.